The molecular formula is C29H25N5O2. The summed E-state index contributed by atoms with van der Waals surface area (Å²) in [6.45, 7) is 0.840. The number of rotatable bonds is 9. The third kappa shape index (κ3) is 5.05. The molecule has 0 spiro atoms. The highest BCUT2D eigenvalue weighted by Gasteiger charge is 2.16. The molecule has 0 radical (unpaired) electrons. The summed E-state index contributed by atoms with van der Waals surface area (Å²) in [4.78, 5) is 38.5. The Labute approximate surface area is 208 Å². The van der Waals surface area contributed by atoms with E-state index in [1.165, 1.54) is 0 Å². The highest BCUT2D eigenvalue weighted by atomic mass is 16.1. The molecule has 0 saturated carbocycles. The van der Waals surface area contributed by atoms with Crippen molar-refractivity contribution in [2.45, 2.75) is 25.8 Å². The Hall–Kier alpha value is -4.65. The van der Waals surface area contributed by atoms with Crippen LogP contribution in [0, 0.1) is 0 Å². The molecule has 0 unspecified atom stereocenters. The molecule has 0 atom stereocenters. The number of Topliss-reactive ketones (excluding diaryl/α,β-unsaturated/α-hetero) is 1. The van der Waals surface area contributed by atoms with E-state index in [0.29, 0.717) is 40.0 Å². The van der Waals surface area contributed by atoms with Gasteiger partial charge in [-0.3, -0.25) is 9.59 Å². The second-order valence-electron chi connectivity index (χ2n) is 8.62. The molecule has 7 heteroatoms. The number of hydrogen-bond acceptors (Lipinski definition) is 5. The normalized spacial score (nSPS) is 11.0. The monoisotopic (exact) mass is 475 g/mol. The number of imidazole rings is 1. The quantitative estimate of drug-likeness (QED) is 0.230. The predicted molar refractivity (Wildman–Crippen MR) is 139 cm³/mol. The van der Waals surface area contributed by atoms with E-state index >= 15 is 0 Å². The van der Waals surface area contributed by atoms with Crippen molar-refractivity contribution >= 4 is 22.7 Å². The molecule has 0 aliphatic heterocycles. The molecule has 1 amide bonds. The van der Waals surface area contributed by atoms with E-state index in [0.717, 1.165) is 30.5 Å². The van der Waals surface area contributed by atoms with Crippen molar-refractivity contribution < 1.29 is 9.59 Å². The predicted octanol–water partition coefficient (Wildman–Crippen LogP) is 5.31. The molecule has 0 aliphatic rings. The van der Waals surface area contributed by atoms with Crippen LogP contribution in [0.25, 0.3) is 33.5 Å². The maximum Gasteiger partial charge on any atom is 0.248 e. The molecule has 2 N–H and O–H groups in total. The van der Waals surface area contributed by atoms with Crippen LogP contribution in [0.2, 0.25) is 0 Å². The molecule has 7 nitrogen and oxygen atoms in total. The molecule has 0 saturated heterocycles. The third-order valence-corrected chi connectivity index (χ3v) is 6.08. The maximum absolute atomic E-state index is 12.9. The first-order valence-electron chi connectivity index (χ1n) is 11.8. The molecule has 0 bridgehead atoms. The number of hydrogen-bond donors (Lipinski definition) is 1. The molecule has 5 aromatic rings. The van der Waals surface area contributed by atoms with E-state index in [4.69, 9.17) is 15.7 Å². The van der Waals surface area contributed by atoms with Crippen LogP contribution in [0.1, 0.15) is 40.0 Å². The third-order valence-electron chi connectivity index (χ3n) is 6.08. The number of aryl methyl sites for hydroxylation is 1. The Morgan fingerprint density at radius 1 is 0.778 bits per heavy atom. The van der Waals surface area contributed by atoms with E-state index in [1.807, 2.05) is 59.3 Å². The fourth-order valence-corrected chi connectivity index (χ4v) is 4.19. The van der Waals surface area contributed by atoms with Gasteiger partial charge in [0.2, 0.25) is 5.91 Å². The van der Waals surface area contributed by atoms with Gasteiger partial charge in [-0.15, -0.1) is 0 Å². The molecule has 0 fully saturated rings. The summed E-state index contributed by atoms with van der Waals surface area (Å²) in [6.07, 6.45) is 7.61. The molecule has 2 aromatic heterocycles. The number of aromatic nitrogens is 4. The minimum atomic E-state index is -0.507. The van der Waals surface area contributed by atoms with Crippen molar-refractivity contribution in [3.8, 4) is 22.5 Å². The van der Waals surface area contributed by atoms with Crippen LogP contribution in [0.4, 0.5) is 0 Å². The number of carbonyl (C=O) groups is 2. The zero-order valence-electron chi connectivity index (χ0n) is 19.7. The van der Waals surface area contributed by atoms with Gasteiger partial charge in [-0.2, -0.15) is 0 Å². The highest BCUT2D eigenvalue weighted by molar-refractivity contribution is 5.99. The van der Waals surface area contributed by atoms with E-state index in [-0.39, 0.29) is 5.78 Å². The summed E-state index contributed by atoms with van der Waals surface area (Å²) >= 11 is 0. The lowest BCUT2D eigenvalue weighted by molar-refractivity contribution is 0.0976. The van der Waals surface area contributed by atoms with Crippen LogP contribution in [0.3, 0.4) is 0 Å². The number of nitrogens with two attached hydrogens (primary N) is 1. The molecule has 178 valence electrons. The number of fused-ring (bicyclic) bond motifs is 1. The van der Waals surface area contributed by atoms with Crippen LogP contribution in [-0.2, 0) is 6.54 Å². The maximum atomic E-state index is 12.9. The topological polar surface area (TPSA) is 104 Å². The number of benzene rings is 3. The molecule has 0 aliphatic carbocycles. The first-order chi connectivity index (χ1) is 17.6. The van der Waals surface area contributed by atoms with Crippen LogP contribution in [-0.4, -0.2) is 31.2 Å². The van der Waals surface area contributed by atoms with Gasteiger partial charge in [0, 0.05) is 47.6 Å². The second kappa shape index (κ2) is 10.3. The molecule has 36 heavy (non-hydrogen) atoms. The van der Waals surface area contributed by atoms with Gasteiger partial charge in [0.25, 0.3) is 0 Å². The highest BCUT2D eigenvalue weighted by Crippen LogP contribution is 2.31. The summed E-state index contributed by atoms with van der Waals surface area (Å²) in [5.41, 5.74) is 10.8. The van der Waals surface area contributed by atoms with Gasteiger partial charge in [0.05, 0.1) is 28.7 Å². The summed E-state index contributed by atoms with van der Waals surface area (Å²) in [7, 11) is 0. The summed E-state index contributed by atoms with van der Waals surface area (Å²) < 4.78 is 2.01. The zero-order valence-corrected chi connectivity index (χ0v) is 19.7. The fourth-order valence-electron chi connectivity index (χ4n) is 4.19. The fraction of sp³-hybridized carbons (Fsp3) is 0.138. The van der Waals surface area contributed by atoms with Crippen LogP contribution in [0.5, 0.6) is 0 Å². The Balaban J connectivity index is 1.48. The van der Waals surface area contributed by atoms with Gasteiger partial charge in [-0.05, 0) is 43.2 Å². The Bertz CT molecular complexity index is 1530. The largest absolute Gasteiger partial charge is 0.366 e. The minimum absolute atomic E-state index is 0.0775. The second-order valence-corrected chi connectivity index (χ2v) is 8.62. The van der Waals surface area contributed by atoms with E-state index < -0.39 is 5.91 Å². The van der Waals surface area contributed by atoms with Crippen molar-refractivity contribution in [3.05, 3.63) is 103 Å². The van der Waals surface area contributed by atoms with Gasteiger partial charge in [0.1, 0.15) is 0 Å². The van der Waals surface area contributed by atoms with Crippen molar-refractivity contribution in [2.75, 3.05) is 0 Å². The van der Waals surface area contributed by atoms with E-state index in [2.05, 4.69) is 4.98 Å². The Morgan fingerprint density at radius 2 is 1.56 bits per heavy atom. The Morgan fingerprint density at radius 3 is 2.33 bits per heavy atom. The standard InChI is InChI=1S/C29H25N5O2/c30-29(36)23-10-6-9-22(17-23)28-27(20-7-2-1-3-8-20)32-24-13-12-21(18-25(24)33-28)26(35)11-4-5-15-34-16-14-31-19-34/h1-3,6-10,12-14,16-19H,4-5,11,15H2,(H2,30,36). The Kier molecular flexibility index (Phi) is 6.62. The molecular weight excluding hydrogens is 450 g/mol. The molecule has 5 rings (SSSR count). The van der Waals surface area contributed by atoms with E-state index in [9.17, 15) is 9.59 Å². The van der Waals surface area contributed by atoms with Crippen molar-refractivity contribution in [1.82, 2.24) is 19.5 Å². The van der Waals surface area contributed by atoms with Crippen LogP contribution >= 0.6 is 0 Å². The summed E-state index contributed by atoms with van der Waals surface area (Å²) in [5.74, 6) is -0.429. The van der Waals surface area contributed by atoms with E-state index in [1.54, 1.807) is 36.8 Å². The van der Waals surface area contributed by atoms with Gasteiger partial charge in [-0.1, -0.05) is 42.5 Å². The summed E-state index contributed by atoms with van der Waals surface area (Å²) in [5, 5.41) is 0. The van der Waals surface area contributed by atoms with Crippen LogP contribution in [0.15, 0.2) is 91.5 Å². The number of nitrogens with zero attached hydrogens (tertiary/aromatic N) is 4. The van der Waals surface area contributed by atoms with Gasteiger partial charge in [-0.25, -0.2) is 15.0 Å². The SMILES string of the molecule is NC(=O)c1cccc(-c2nc3cc(C(=O)CCCCn4ccnc4)ccc3nc2-c2ccccc2)c1. The number of amides is 1. The number of carbonyl (C=O) groups excluding carboxylic acids is 2. The lowest BCUT2D eigenvalue weighted by atomic mass is 10.0. The average Bonchev–Trinajstić information content (AvgIpc) is 3.44. The number of ketones is 1. The first-order valence-corrected chi connectivity index (χ1v) is 11.8. The number of unbranched alkanes of at least 4 members (excludes halogenated alkanes) is 1. The summed E-state index contributed by atoms with van der Waals surface area (Å²) in [6, 6.07) is 22.3. The van der Waals surface area contributed by atoms with Gasteiger partial charge >= 0.3 is 0 Å². The van der Waals surface area contributed by atoms with Gasteiger partial charge in [0.15, 0.2) is 5.78 Å². The van der Waals surface area contributed by atoms with Crippen molar-refractivity contribution in [2.24, 2.45) is 5.73 Å². The smallest absolute Gasteiger partial charge is 0.248 e. The lowest BCUT2D eigenvalue weighted by Gasteiger charge is -2.12. The first kappa shape index (κ1) is 23.1. The van der Waals surface area contributed by atoms with Gasteiger partial charge < -0.3 is 10.3 Å². The van der Waals surface area contributed by atoms with Crippen LogP contribution < -0.4 is 5.73 Å². The van der Waals surface area contributed by atoms with Crippen molar-refractivity contribution in [1.29, 1.82) is 0 Å². The average molecular weight is 476 g/mol. The number of primary amides is 1. The zero-order chi connectivity index (χ0) is 24.9. The minimum Gasteiger partial charge on any atom is -0.366 e. The lowest BCUT2D eigenvalue weighted by Crippen LogP contribution is -2.10. The molecule has 3 aromatic carbocycles. The molecule has 2 heterocycles. The van der Waals surface area contributed by atoms with Crippen molar-refractivity contribution in [3.63, 3.8) is 0 Å².